The van der Waals surface area contributed by atoms with Crippen LogP contribution in [-0.4, -0.2) is 25.0 Å². The van der Waals surface area contributed by atoms with Crippen LogP contribution >= 0.6 is 0 Å². The maximum absolute atomic E-state index is 12.5. The van der Waals surface area contributed by atoms with Crippen molar-refractivity contribution in [2.45, 2.75) is 13.0 Å². The number of para-hydroxylation sites is 3. The molecular formula is C23H22N2O4. The summed E-state index contributed by atoms with van der Waals surface area (Å²) >= 11 is 0. The second kappa shape index (κ2) is 9.41. The lowest BCUT2D eigenvalue weighted by Gasteiger charge is -2.15. The number of anilines is 2. The minimum atomic E-state index is -0.691. The Morgan fingerprint density at radius 2 is 1.48 bits per heavy atom. The topological polar surface area (TPSA) is 76.7 Å². The maximum Gasteiger partial charge on any atom is 0.265 e. The van der Waals surface area contributed by atoms with Crippen LogP contribution in [0.15, 0.2) is 78.9 Å². The number of nitrogens with one attached hydrogen (secondary N) is 2. The summed E-state index contributed by atoms with van der Waals surface area (Å²) < 4.78 is 10.9. The summed E-state index contributed by atoms with van der Waals surface area (Å²) in [7, 11) is 1.55. The number of amides is 2. The molecule has 0 aliphatic carbocycles. The Labute approximate surface area is 169 Å². The molecule has 0 radical (unpaired) electrons. The van der Waals surface area contributed by atoms with Crippen molar-refractivity contribution in [3.8, 4) is 11.5 Å². The van der Waals surface area contributed by atoms with Gasteiger partial charge in [-0.1, -0.05) is 30.3 Å². The fourth-order valence-corrected chi connectivity index (χ4v) is 2.65. The fraction of sp³-hybridized carbons (Fsp3) is 0.130. The average Bonchev–Trinajstić information content (AvgIpc) is 2.75. The van der Waals surface area contributed by atoms with Crippen LogP contribution in [0.3, 0.4) is 0 Å². The zero-order valence-corrected chi connectivity index (χ0v) is 16.2. The lowest BCUT2D eigenvalue weighted by Crippen LogP contribution is -2.30. The zero-order chi connectivity index (χ0) is 20.6. The van der Waals surface area contributed by atoms with Crippen molar-refractivity contribution in [3.63, 3.8) is 0 Å². The zero-order valence-electron chi connectivity index (χ0n) is 16.2. The quantitative estimate of drug-likeness (QED) is 0.629. The predicted octanol–water partition coefficient (Wildman–Crippen LogP) is 4.35. The fourth-order valence-electron chi connectivity index (χ4n) is 2.65. The van der Waals surface area contributed by atoms with E-state index in [9.17, 15) is 9.59 Å². The van der Waals surface area contributed by atoms with Crippen molar-refractivity contribution in [2.24, 2.45) is 0 Å². The maximum atomic E-state index is 12.5. The van der Waals surface area contributed by atoms with Gasteiger partial charge < -0.3 is 20.1 Å². The lowest BCUT2D eigenvalue weighted by atomic mass is 10.2. The first-order chi connectivity index (χ1) is 14.1. The second-order valence-corrected chi connectivity index (χ2v) is 6.29. The van der Waals surface area contributed by atoms with E-state index in [4.69, 9.17) is 9.47 Å². The van der Waals surface area contributed by atoms with Gasteiger partial charge in [-0.25, -0.2) is 0 Å². The van der Waals surface area contributed by atoms with Crippen molar-refractivity contribution in [3.05, 3.63) is 84.4 Å². The number of hydrogen-bond acceptors (Lipinski definition) is 4. The number of ether oxygens (including phenoxy) is 2. The Kier molecular flexibility index (Phi) is 6.47. The van der Waals surface area contributed by atoms with Crippen LogP contribution in [0.4, 0.5) is 11.4 Å². The van der Waals surface area contributed by atoms with Gasteiger partial charge in [0.2, 0.25) is 0 Å². The number of benzene rings is 3. The summed E-state index contributed by atoms with van der Waals surface area (Å²) in [6.45, 7) is 1.67. The first-order valence-electron chi connectivity index (χ1n) is 9.14. The van der Waals surface area contributed by atoms with E-state index in [2.05, 4.69) is 10.6 Å². The molecule has 0 aliphatic heterocycles. The van der Waals surface area contributed by atoms with E-state index in [-0.39, 0.29) is 11.8 Å². The molecule has 1 atom stereocenters. The third-order valence-electron chi connectivity index (χ3n) is 4.20. The van der Waals surface area contributed by atoms with Gasteiger partial charge in [-0.05, 0) is 55.5 Å². The van der Waals surface area contributed by atoms with Crippen molar-refractivity contribution >= 4 is 23.2 Å². The molecule has 2 N–H and O–H groups in total. The minimum absolute atomic E-state index is 0.255. The molecule has 0 saturated carbocycles. The van der Waals surface area contributed by atoms with Crippen LogP contribution < -0.4 is 20.1 Å². The Balaban J connectivity index is 1.59. The number of rotatable bonds is 7. The van der Waals surface area contributed by atoms with E-state index in [1.807, 2.05) is 30.3 Å². The van der Waals surface area contributed by atoms with Crippen LogP contribution in [0.5, 0.6) is 11.5 Å². The first-order valence-corrected chi connectivity index (χ1v) is 9.14. The number of carbonyl (C=O) groups is 2. The number of hydrogen-bond donors (Lipinski definition) is 2. The monoisotopic (exact) mass is 390 g/mol. The van der Waals surface area contributed by atoms with Gasteiger partial charge in [-0.2, -0.15) is 0 Å². The summed E-state index contributed by atoms with van der Waals surface area (Å²) in [4.78, 5) is 24.7. The van der Waals surface area contributed by atoms with E-state index in [0.717, 1.165) is 0 Å². The molecule has 0 aromatic heterocycles. The highest BCUT2D eigenvalue weighted by Gasteiger charge is 2.15. The molecule has 0 aliphatic rings. The Bertz CT molecular complexity index is 972. The molecule has 3 rings (SSSR count). The van der Waals surface area contributed by atoms with Crippen molar-refractivity contribution in [1.29, 1.82) is 0 Å². The summed E-state index contributed by atoms with van der Waals surface area (Å²) in [5.74, 6) is 0.554. The van der Waals surface area contributed by atoms with Crippen LogP contribution in [0.2, 0.25) is 0 Å². The molecule has 0 saturated heterocycles. The van der Waals surface area contributed by atoms with Crippen LogP contribution in [0, 0.1) is 0 Å². The van der Waals surface area contributed by atoms with Crippen molar-refractivity contribution in [2.75, 3.05) is 17.7 Å². The third-order valence-corrected chi connectivity index (χ3v) is 4.20. The summed E-state index contributed by atoms with van der Waals surface area (Å²) in [5.41, 5.74) is 1.76. The van der Waals surface area contributed by atoms with E-state index in [1.54, 1.807) is 62.6 Å². The van der Waals surface area contributed by atoms with Gasteiger partial charge in [0, 0.05) is 11.3 Å². The molecule has 6 nitrogen and oxygen atoms in total. The van der Waals surface area contributed by atoms with Crippen LogP contribution in [0.25, 0.3) is 0 Å². The number of carbonyl (C=O) groups excluding carboxylic acids is 2. The molecule has 0 bridgehead atoms. The van der Waals surface area contributed by atoms with Gasteiger partial charge in [0.15, 0.2) is 6.10 Å². The van der Waals surface area contributed by atoms with Gasteiger partial charge in [-0.3, -0.25) is 9.59 Å². The molecule has 0 unspecified atom stereocenters. The van der Waals surface area contributed by atoms with Crippen LogP contribution in [0.1, 0.15) is 17.3 Å². The molecule has 3 aromatic rings. The molecule has 0 spiro atoms. The molecule has 2 amide bonds. The molecule has 6 heteroatoms. The van der Waals surface area contributed by atoms with E-state index >= 15 is 0 Å². The van der Waals surface area contributed by atoms with E-state index in [0.29, 0.717) is 28.4 Å². The first kappa shape index (κ1) is 19.9. The standard InChI is InChI=1S/C23H22N2O4/c1-16(22(26)24-18-8-4-3-5-9-18)29-19-14-12-17(13-15-19)23(27)25-20-10-6-7-11-21(20)28-2/h3-16H,1-2H3,(H,24,26)(H,25,27)/t16-/m0/s1. The minimum Gasteiger partial charge on any atom is -0.495 e. The average molecular weight is 390 g/mol. The molecule has 3 aromatic carbocycles. The number of methoxy groups -OCH3 is 1. The van der Waals surface area contributed by atoms with E-state index < -0.39 is 6.10 Å². The third kappa shape index (κ3) is 5.35. The van der Waals surface area contributed by atoms with Gasteiger partial charge in [0.1, 0.15) is 11.5 Å². The molecular weight excluding hydrogens is 368 g/mol. The Morgan fingerprint density at radius 3 is 2.17 bits per heavy atom. The van der Waals surface area contributed by atoms with Gasteiger partial charge in [-0.15, -0.1) is 0 Å². The highest BCUT2D eigenvalue weighted by atomic mass is 16.5. The second-order valence-electron chi connectivity index (χ2n) is 6.29. The van der Waals surface area contributed by atoms with Gasteiger partial charge in [0.25, 0.3) is 11.8 Å². The summed E-state index contributed by atoms with van der Waals surface area (Å²) in [5, 5.41) is 5.60. The Hall–Kier alpha value is -3.80. The summed E-state index contributed by atoms with van der Waals surface area (Å²) in [6.07, 6.45) is -0.691. The molecule has 148 valence electrons. The molecule has 29 heavy (non-hydrogen) atoms. The SMILES string of the molecule is COc1ccccc1NC(=O)c1ccc(O[C@@H](C)C(=O)Nc2ccccc2)cc1. The largest absolute Gasteiger partial charge is 0.495 e. The molecule has 0 fully saturated rings. The Morgan fingerprint density at radius 1 is 0.828 bits per heavy atom. The summed E-state index contributed by atoms with van der Waals surface area (Å²) in [6, 6.07) is 22.9. The highest BCUT2D eigenvalue weighted by Crippen LogP contribution is 2.24. The van der Waals surface area contributed by atoms with Gasteiger partial charge >= 0.3 is 0 Å². The van der Waals surface area contributed by atoms with E-state index in [1.165, 1.54) is 0 Å². The normalized spacial score (nSPS) is 11.2. The van der Waals surface area contributed by atoms with Crippen molar-refractivity contribution < 1.29 is 19.1 Å². The molecule has 0 heterocycles. The van der Waals surface area contributed by atoms with Crippen molar-refractivity contribution in [1.82, 2.24) is 0 Å². The lowest BCUT2D eigenvalue weighted by molar-refractivity contribution is -0.122. The highest BCUT2D eigenvalue weighted by molar-refractivity contribution is 6.05. The van der Waals surface area contributed by atoms with Gasteiger partial charge in [0.05, 0.1) is 12.8 Å². The predicted molar refractivity (Wildman–Crippen MR) is 113 cm³/mol. The van der Waals surface area contributed by atoms with Crippen LogP contribution in [-0.2, 0) is 4.79 Å². The smallest absolute Gasteiger partial charge is 0.265 e.